The Labute approximate surface area is 221 Å². The van der Waals surface area contributed by atoms with E-state index in [2.05, 4.69) is 10.1 Å². The fourth-order valence-corrected chi connectivity index (χ4v) is 3.54. The lowest BCUT2D eigenvalue weighted by molar-refractivity contribution is -0.384. The molecule has 1 saturated heterocycles. The molecule has 1 N–H and O–H groups in total. The first-order valence-corrected chi connectivity index (χ1v) is 11.1. The highest BCUT2D eigenvalue weighted by Gasteiger charge is 2.35. The molecule has 3 amide bonds. The standard InChI is InChI=1S/C25H16F3N3O9/c1-38-23(34)20-8-6-17(39-20)12-30-21(32)18(29-24(30)35)11-14-10-16(31(36)37)5-7-19(14)40-22(33)13-3-2-4-15(9-13)25(26,27)28/h2-11H,12H2,1H3,(H,29,35)/b18-11-. The van der Waals surface area contributed by atoms with Crippen LogP contribution in [0.25, 0.3) is 6.08 Å². The lowest BCUT2D eigenvalue weighted by Crippen LogP contribution is -2.30. The predicted molar refractivity (Wildman–Crippen MR) is 127 cm³/mol. The third-order valence-corrected chi connectivity index (χ3v) is 5.46. The minimum absolute atomic E-state index is 0.0659. The Hall–Kier alpha value is -5.47. The molecule has 0 bridgehead atoms. The number of non-ortho nitro benzene ring substituents is 1. The van der Waals surface area contributed by atoms with Gasteiger partial charge in [-0.15, -0.1) is 0 Å². The summed E-state index contributed by atoms with van der Waals surface area (Å²) in [5.41, 5.74) is -2.58. The van der Waals surface area contributed by atoms with Crippen LogP contribution in [0.2, 0.25) is 0 Å². The lowest BCUT2D eigenvalue weighted by Gasteiger charge is -2.11. The first-order valence-electron chi connectivity index (χ1n) is 11.1. The number of ether oxygens (including phenoxy) is 2. The van der Waals surface area contributed by atoms with Gasteiger partial charge in [-0.05, 0) is 42.5 Å². The molecule has 0 atom stereocenters. The molecular formula is C25H16F3N3O9. The number of halogens is 3. The summed E-state index contributed by atoms with van der Waals surface area (Å²) in [5.74, 6) is -3.30. The Morgan fingerprint density at radius 1 is 1.10 bits per heavy atom. The van der Waals surface area contributed by atoms with E-state index in [1.165, 1.54) is 12.1 Å². The summed E-state index contributed by atoms with van der Waals surface area (Å²) >= 11 is 0. The average Bonchev–Trinajstić information content (AvgIpc) is 3.49. The molecule has 0 radical (unpaired) electrons. The highest BCUT2D eigenvalue weighted by atomic mass is 19.4. The monoisotopic (exact) mass is 559 g/mol. The van der Waals surface area contributed by atoms with Crippen LogP contribution in [0.4, 0.5) is 23.7 Å². The van der Waals surface area contributed by atoms with Crippen molar-refractivity contribution in [1.29, 1.82) is 0 Å². The summed E-state index contributed by atoms with van der Waals surface area (Å²) in [6, 6.07) is 8.11. The first-order chi connectivity index (χ1) is 18.9. The van der Waals surface area contributed by atoms with Gasteiger partial charge in [-0.1, -0.05) is 6.07 Å². The van der Waals surface area contributed by atoms with E-state index in [9.17, 15) is 42.5 Å². The zero-order valence-electron chi connectivity index (χ0n) is 20.2. The number of benzene rings is 2. The molecular weight excluding hydrogens is 543 g/mol. The quantitative estimate of drug-likeness (QED) is 0.111. The lowest BCUT2D eigenvalue weighted by atomic mass is 10.1. The zero-order chi connectivity index (χ0) is 29.2. The molecule has 1 aliphatic rings. The largest absolute Gasteiger partial charge is 0.463 e. The van der Waals surface area contributed by atoms with Crippen molar-refractivity contribution in [2.24, 2.45) is 0 Å². The van der Waals surface area contributed by atoms with E-state index in [0.29, 0.717) is 6.07 Å². The number of hydrogen-bond acceptors (Lipinski definition) is 9. The molecule has 0 aliphatic carbocycles. The van der Waals surface area contributed by atoms with E-state index >= 15 is 0 Å². The number of alkyl halides is 3. The molecule has 2 heterocycles. The molecule has 0 unspecified atom stereocenters. The number of nitro benzene ring substituents is 1. The van der Waals surface area contributed by atoms with Gasteiger partial charge in [0.1, 0.15) is 17.2 Å². The molecule has 206 valence electrons. The van der Waals surface area contributed by atoms with E-state index in [1.54, 1.807) is 0 Å². The van der Waals surface area contributed by atoms with Gasteiger partial charge in [-0.25, -0.2) is 14.4 Å². The Morgan fingerprint density at radius 2 is 1.85 bits per heavy atom. The smallest absolute Gasteiger partial charge is 0.416 e. The third kappa shape index (κ3) is 5.82. The highest BCUT2D eigenvalue weighted by molar-refractivity contribution is 6.14. The Balaban J connectivity index is 1.62. The van der Waals surface area contributed by atoms with Crippen molar-refractivity contribution in [3.05, 3.63) is 98.6 Å². The minimum Gasteiger partial charge on any atom is -0.463 e. The normalized spacial score (nSPS) is 14.3. The van der Waals surface area contributed by atoms with Gasteiger partial charge < -0.3 is 19.2 Å². The van der Waals surface area contributed by atoms with E-state index in [0.717, 1.165) is 54.5 Å². The number of hydrogen-bond donors (Lipinski definition) is 1. The van der Waals surface area contributed by atoms with E-state index in [1.807, 2.05) is 0 Å². The van der Waals surface area contributed by atoms with Gasteiger partial charge in [-0.3, -0.25) is 19.8 Å². The van der Waals surface area contributed by atoms with Gasteiger partial charge in [0.25, 0.3) is 11.6 Å². The number of urea groups is 1. The maximum Gasteiger partial charge on any atom is 0.416 e. The second-order valence-corrected chi connectivity index (χ2v) is 8.08. The molecule has 3 aromatic rings. The first kappa shape index (κ1) is 27.6. The van der Waals surface area contributed by atoms with Crippen molar-refractivity contribution in [3.8, 4) is 5.75 Å². The third-order valence-electron chi connectivity index (χ3n) is 5.46. The van der Waals surface area contributed by atoms with Gasteiger partial charge in [0, 0.05) is 17.7 Å². The maximum atomic E-state index is 13.0. The number of carbonyl (C=O) groups is 4. The minimum atomic E-state index is -4.72. The van der Waals surface area contributed by atoms with Crippen molar-refractivity contribution in [1.82, 2.24) is 10.2 Å². The van der Waals surface area contributed by atoms with Gasteiger partial charge in [0.15, 0.2) is 0 Å². The van der Waals surface area contributed by atoms with Crippen molar-refractivity contribution < 1.29 is 51.2 Å². The van der Waals surface area contributed by atoms with Gasteiger partial charge >= 0.3 is 24.1 Å². The highest BCUT2D eigenvalue weighted by Crippen LogP contribution is 2.31. The van der Waals surface area contributed by atoms with Crippen LogP contribution >= 0.6 is 0 Å². The fraction of sp³-hybridized carbons (Fsp3) is 0.120. The second-order valence-electron chi connectivity index (χ2n) is 8.08. The summed E-state index contributed by atoms with van der Waals surface area (Å²) in [6.45, 7) is -0.384. The summed E-state index contributed by atoms with van der Waals surface area (Å²) < 4.78 is 54.1. The van der Waals surface area contributed by atoms with Crippen LogP contribution in [0.1, 0.15) is 37.8 Å². The molecule has 12 nitrogen and oxygen atoms in total. The van der Waals surface area contributed by atoms with E-state index in [4.69, 9.17) is 9.15 Å². The summed E-state index contributed by atoms with van der Waals surface area (Å²) in [6.07, 6.45) is -3.72. The summed E-state index contributed by atoms with van der Waals surface area (Å²) in [7, 11) is 1.14. The van der Waals surface area contributed by atoms with Crippen LogP contribution in [0.15, 0.2) is 64.7 Å². The Morgan fingerprint density at radius 3 is 2.52 bits per heavy atom. The van der Waals surface area contributed by atoms with Crippen LogP contribution in [0.3, 0.4) is 0 Å². The number of furan rings is 1. The SMILES string of the molecule is COC(=O)c1ccc(CN2C(=O)N/C(=C\c3cc([N+](=O)[O-])ccc3OC(=O)c3cccc(C(F)(F)F)c3)C2=O)o1. The van der Waals surface area contributed by atoms with Gasteiger partial charge in [0.2, 0.25) is 5.76 Å². The Bertz CT molecular complexity index is 1580. The van der Waals surface area contributed by atoms with Crippen molar-refractivity contribution in [2.75, 3.05) is 7.11 Å². The number of nitro groups is 1. The topological polar surface area (TPSA) is 158 Å². The molecule has 1 aromatic heterocycles. The maximum absolute atomic E-state index is 13.0. The number of nitrogens with zero attached hydrogens (tertiary/aromatic N) is 2. The second kappa shape index (κ2) is 10.7. The van der Waals surface area contributed by atoms with Crippen LogP contribution < -0.4 is 10.1 Å². The fourth-order valence-electron chi connectivity index (χ4n) is 3.54. The molecule has 2 aromatic carbocycles. The van der Waals surface area contributed by atoms with Crippen LogP contribution in [0, 0.1) is 10.1 Å². The molecule has 0 spiro atoms. The number of nitrogens with one attached hydrogen (secondary N) is 1. The van der Waals surface area contributed by atoms with E-state index < -0.39 is 51.8 Å². The number of esters is 2. The van der Waals surface area contributed by atoms with E-state index in [-0.39, 0.29) is 35.1 Å². The molecule has 1 fully saturated rings. The van der Waals surface area contributed by atoms with Gasteiger partial charge in [-0.2, -0.15) is 13.2 Å². The summed E-state index contributed by atoms with van der Waals surface area (Å²) in [5, 5.41) is 13.6. The van der Waals surface area contributed by atoms with Crippen molar-refractivity contribution >= 4 is 35.6 Å². The molecule has 40 heavy (non-hydrogen) atoms. The Kier molecular flexibility index (Phi) is 7.39. The molecule has 1 aliphatic heterocycles. The number of rotatable bonds is 7. The van der Waals surface area contributed by atoms with Crippen LogP contribution in [0.5, 0.6) is 5.75 Å². The number of amides is 3. The van der Waals surface area contributed by atoms with Gasteiger partial charge in [0.05, 0.1) is 29.7 Å². The van der Waals surface area contributed by atoms with Crippen molar-refractivity contribution in [3.63, 3.8) is 0 Å². The summed E-state index contributed by atoms with van der Waals surface area (Å²) in [4.78, 5) is 60.8. The molecule has 0 saturated carbocycles. The number of methoxy groups -OCH3 is 1. The average molecular weight is 559 g/mol. The van der Waals surface area contributed by atoms with Crippen molar-refractivity contribution in [2.45, 2.75) is 12.7 Å². The number of imide groups is 1. The zero-order valence-corrected chi connectivity index (χ0v) is 20.2. The van der Waals surface area contributed by atoms with Crippen LogP contribution in [-0.4, -0.2) is 40.8 Å². The number of carbonyl (C=O) groups excluding carboxylic acids is 4. The predicted octanol–water partition coefficient (Wildman–Crippen LogP) is 4.31. The molecule has 15 heteroatoms. The molecule has 4 rings (SSSR count). The van der Waals surface area contributed by atoms with Crippen LogP contribution in [-0.2, 0) is 22.3 Å².